The molecule has 138 valence electrons. The van der Waals surface area contributed by atoms with E-state index in [9.17, 15) is 4.79 Å². The van der Waals surface area contributed by atoms with Crippen molar-refractivity contribution in [2.45, 2.75) is 13.8 Å². The van der Waals surface area contributed by atoms with Crippen LogP contribution in [-0.2, 0) is 0 Å². The van der Waals surface area contributed by atoms with Gasteiger partial charge >= 0.3 is 0 Å². The number of rotatable bonds is 6. The van der Waals surface area contributed by atoms with E-state index in [1.165, 1.54) is 0 Å². The van der Waals surface area contributed by atoms with Crippen molar-refractivity contribution in [1.29, 1.82) is 0 Å². The molecule has 7 heteroatoms. The average Bonchev–Trinajstić information content (AvgIpc) is 2.64. The first-order valence-corrected chi connectivity index (χ1v) is 9.36. The number of benzene rings is 2. The molecule has 0 atom stereocenters. The van der Waals surface area contributed by atoms with E-state index in [1.807, 2.05) is 56.3 Å². The number of carbonyl (C=O) groups excluding carboxylic acids is 1. The Morgan fingerprint density at radius 2 is 1.59 bits per heavy atom. The second kappa shape index (κ2) is 8.64. The highest BCUT2D eigenvalue weighted by Gasteiger charge is 2.06. The summed E-state index contributed by atoms with van der Waals surface area (Å²) in [6.07, 6.45) is 0. The van der Waals surface area contributed by atoms with E-state index >= 15 is 0 Å². The molecule has 1 amide bonds. The van der Waals surface area contributed by atoms with Crippen LogP contribution in [-0.4, -0.2) is 22.4 Å². The Balaban J connectivity index is 1.67. The van der Waals surface area contributed by atoms with Crippen LogP contribution in [0.2, 0.25) is 0 Å². The number of anilines is 4. The molecule has 0 saturated heterocycles. The second-order valence-corrected chi connectivity index (χ2v) is 6.80. The lowest BCUT2D eigenvalue weighted by Gasteiger charge is -2.10. The highest BCUT2D eigenvalue weighted by Crippen LogP contribution is 2.20. The predicted octanol–water partition coefficient (Wildman–Crippen LogP) is 4.98. The van der Waals surface area contributed by atoms with Gasteiger partial charge in [0.25, 0.3) is 5.91 Å². The number of amides is 1. The monoisotopic (exact) mass is 425 g/mol. The van der Waals surface area contributed by atoms with Crippen LogP contribution in [0.15, 0.2) is 59.1 Å². The van der Waals surface area contributed by atoms with E-state index in [-0.39, 0.29) is 5.91 Å². The van der Waals surface area contributed by atoms with Gasteiger partial charge in [-0.3, -0.25) is 4.79 Å². The van der Waals surface area contributed by atoms with Crippen LogP contribution in [0.4, 0.5) is 23.0 Å². The maximum Gasteiger partial charge on any atom is 0.255 e. The topological polar surface area (TPSA) is 78.9 Å². The zero-order valence-electron chi connectivity index (χ0n) is 15.1. The lowest BCUT2D eigenvalue weighted by Crippen LogP contribution is -2.11. The first-order valence-electron chi connectivity index (χ1n) is 8.57. The largest absolute Gasteiger partial charge is 0.370 e. The summed E-state index contributed by atoms with van der Waals surface area (Å²) >= 11 is 3.36. The van der Waals surface area contributed by atoms with Gasteiger partial charge < -0.3 is 16.0 Å². The smallest absolute Gasteiger partial charge is 0.255 e. The van der Waals surface area contributed by atoms with E-state index in [2.05, 4.69) is 41.8 Å². The van der Waals surface area contributed by atoms with Crippen LogP contribution < -0.4 is 16.0 Å². The Morgan fingerprint density at radius 3 is 2.26 bits per heavy atom. The van der Waals surface area contributed by atoms with Gasteiger partial charge in [0, 0.05) is 34.0 Å². The third kappa shape index (κ3) is 5.27. The van der Waals surface area contributed by atoms with Crippen molar-refractivity contribution in [2.75, 3.05) is 22.5 Å². The maximum absolute atomic E-state index is 12.3. The minimum Gasteiger partial charge on any atom is -0.370 e. The molecule has 1 heterocycles. The fraction of sp³-hybridized carbons (Fsp3) is 0.150. The SMILES string of the molecule is CCNc1cc(Nc2ccc(NC(=O)c3ccc(Br)cc3)cc2)nc(C)n1. The molecule has 0 aliphatic rings. The third-order valence-electron chi connectivity index (χ3n) is 3.72. The van der Waals surface area contributed by atoms with E-state index in [0.29, 0.717) is 17.2 Å². The number of aromatic nitrogens is 2. The number of carbonyl (C=O) groups is 1. The Hall–Kier alpha value is -2.93. The fourth-order valence-electron chi connectivity index (χ4n) is 2.49. The van der Waals surface area contributed by atoms with Crippen molar-refractivity contribution < 1.29 is 4.79 Å². The number of nitrogens with zero attached hydrogens (tertiary/aromatic N) is 2. The van der Waals surface area contributed by atoms with Gasteiger partial charge in [-0.05, 0) is 62.4 Å². The first kappa shape index (κ1) is 18.8. The Morgan fingerprint density at radius 1 is 0.963 bits per heavy atom. The van der Waals surface area contributed by atoms with Crippen molar-refractivity contribution in [3.8, 4) is 0 Å². The molecule has 1 aromatic heterocycles. The molecule has 6 nitrogen and oxygen atoms in total. The summed E-state index contributed by atoms with van der Waals surface area (Å²) < 4.78 is 0.937. The minimum absolute atomic E-state index is 0.148. The Bertz CT molecular complexity index is 926. The lowest BCUT2D eigenvalue weighted by molar-refractivity contribution is 0.102. The molecule has 3 rings (SSSR count). The number of nitrogens with one attached hydrogen (secondary N) is 3. The van der Waals surface area contributed by atoms with Crippen molar-refractivity contribution in [3.63, 3.8) is 0 Å². The van der Waals surface area contributed by atoms with Crippen molar-refractivity contribution in [2.24, 2.45) is 0 Å². The summed E-state index contributed by atoms with van der Waals surface area (Å²) in [5.41, 5.74) is 2.20. The summed E-state index contributed by atoms with van der Waals surface area (Å²) in [4.78, 5) is 21.0. The van der Waals surface area contributed by atoms with Gasteiger partial charge in [0.05, 0.1) is 0 Å². The van der Waals surface area contributed by atoms with Crippen LogP contribution in [0.25, 0.3) is 0 Å². The maximum atomic E-state index is 12.3. The van der Waals surface area contributed by atoms with Gasteiger partial charge in [-0.2, -0.15) is 0 Å². The van der Waals surface area contributed by atoms with Gasteiger partial charge in [-0.25, -0.2) is 9.97 Å². The molecule has 0 unspecified atom stereocenters. The molecular weight excluding hydrogens is 406 g/mol. The van der Waals surface area contributed by atoms with Crippen LogP contribution in [0.3, 0.4) is 0 Å². The van der Waals surface area contributed by atoms with Gasteiger partial charge in [-0.15, -0.1) is 0 Å². The summed E-state index contributed by atoms with van der Waals surface area (Å²) in [7, 11) is 0. The molecule has 0 spiro atoms. The molecule has 27 heavy (non-hydrogen) atoms. The van der Waals surface area contributed by atoms with Crippen molar-refractivity contribution in [3.05, 3.63) is 70.5 Å². The average molecular weight is 426 g/mol. The van der Waals surface area contributed by atoms with Gasteiger partial charge in [0.1, 0.15) is 17.5 Å². The van der Waals surface area contributed by atoms with Crippen LogP contribution in [0, 0.1) is 6.92 Å². The highest BCUT2D eigenvalue weighted by atomic mass is 79.9. The zero-order chi connectivity index (χ0) is 19.2. The highest BCUT2D eigenvalue weighted by molar-refractivity contribution is 9.10. The van der Waals surface area contributed by atoms with E-state index < -0.39 is 0 Å². The molecule has 3 aromatic rings. The van der Waals surface area contributed by atoms with Crippen molar-refractivity contribution >= 4 is 44.8 Å². The molecule has 0 aliphatic carbocycles. The summed E-state index contributed by atoms with van der Waals surface area (Å²) in [6.45, 7) is 4.67. The molecular formula is C20H20BrN5O. The van der Waals surface area contributed by atoms with E-state index in [0.717, 1.165) is 28.2 Å². The molecule has 0 radical (unpaired) electrons. The van der Waals surface area contributed by atoms with Gasteiger partial charge in [0.15, 0.2) is 0 Å². The molecule has 0 saturated carbocycles. The number of aryl methyl sites for hydroxylation is 1. The van der Waals surface area contributed by atoms with E-state index in [4.69, 9.17) is 0 Å². The summed E-state index contributed by atoms with van der Waals surface area (Å²) in [5.74, 6) is 2.04. The third-order valence-corrected chi connectivity index (χ3v) is 4.25. The normalized spacial score (nSPS) is 10.3. The van der Waals surface area contributed by atoms with Crippen LogP contribution in [0.1, 0.15) is 23.1 Å². The molecule has 2 aromatic carbocycles. The second-order valence-electron chi connectivity index (χ2n) is 5.88. The Labute approximate surface area is 166 Å². The molecule has 0 fully saturated rings. The lowest BCUT2D eigenvalue weighted by atomic mass is 10.2. The quantitative estimate of drug-likeness (QED) is 0.519. The summed E-state index contributed by atoms with van der Waals surface area (Å²) in [6, 6.07) is 16.6. The number of halogens is 1. The fourth-order valence-corrected chi connectivity index (χ4v) is 2.76. The predicted molar refractivity (Wildman–Crippen MR) is 113 cm³/mol. The number of hydrogen-bond acceptors (Lipinski definition) is 5. The first-order chi connectivity index (χ1) is 13.0. The minimum atomic E-state index is -0.148. The molecule has 0 bridgehead atoms. The number of hydrogen-bond donors (Lipinski definition) is 3. The molecule has 3 N–H and O–H groups in total. The standard InChI is InChI=1S/C20H20BrN5O/c1-3-22-18-12-19(24-13(2)23-18)25-16-8-10-17(11-9-16)26-20(27)14-4-6-15(21)7-5-14/h4-12H,3H2,1-2H3,(H,26,27)(H2,22,23,24,25). The molecule has 0 aliphatic heterocycles. The van der Waals surface area contributed by atoms with Crippen LogP contribution >= 0.6 is 15.9 Å². The summed E-state index contributed by atoms with van der Waals surface area (Å²) in [5, 5.41) is 9.32. The van der Waals surface area contributed by atoms with Gasteiger partial charge in [-0.1, -0.05) is 15.9 Å². The zero-order valence-corrected chi connectivity index (χ0v) is 16.7. The van der Waals surface area contributed by atoms with Crippen LogP contribution in [0.5, 0.6) is 0 Å². The van der Waals surface area contributed by atoms with Crippen molar-refractivity contribution in [1.82, 2.24) is 9.97 Å². The Kier molecular flexibility index (Phi) is 6.03. The van der Waals surface area contributed by atoms with Gasteiger partial charge in [0.2, 0.25) is 0 Å². The van der Waals surface area contributed by atoms with E-state index in [1.54, 1.807) is 12.1 Å².